The Morgan fingerprint density at radius 1 is 0.931 bits per heavy atom. The molecule has 0 radical (unpaired) electrons. The molecule has 0 spiro atoms. The SMILES string of the molecule is Cc1c(C(C)C)n(-c2ccccc2)c(C(C)(C)C)[n+]1-c1nc2ccccc2n1C. The van der Waals surface area contributed by atoms with E-state index in [2.05, 4.69) is 117 Å². The van der Waals surface area contributed by atoms with Crippen molar-refractivity contribution in [1.29, 1.82) is 0 Å². The molecular weight excluding hydrogens is 356 g/mol. The van der Waals surface area contributed by atoms with Gasteiger partial charge in [0, 0.05) is 18.4 Å². The monoisotopic (exact) mass is 387 g/mol. The molecule has 0 bridgehead atoms. The minimum absolute atomic E-state index is 0.0775. The summed E-state index contributed by atoms with van der Waals surface area (Å²) in [6, 6.07) is 19.0. The Morgan fingerprint density at radius 3 is 2.14 bits per heavy atom. The fourth-order valence-corrected chi connectivity index (χ4v) is 4.41. The zero-order valence-electron chi connectivity index (χ0n) is 18.6. The second kappa shape index (κ2) is 6.87. The normalized spacial score (nSPS) is 12.3. The number of fused-ring (bicyclic) bond motifs is 1. The van der Waals surface area contributed by atoms with E-state index < -0.39 is 0 Å². The summed E-state index contributed by atoms with van der Waals surface area (Å²) in [6.45, 7) is 13.6. The summed E-state index contributed by atoms with van der Waals surface area (Å²) in [5, 5.41) is 0. The molecule has 4 aromatic rings. The highest BCUT2D eigenvalue weighted by molar-refractivity contribution is 5.76. The van der Waals surface area contributed by atoms with Gasteiger partial charge in [-0.15, -0.1) is 4.98 Å². The Kier molecular flexibility index (Phi) is 4.60. The Hall–Kier alpha value is -2.88. The molecule has 0 saturated heterocycles. The number of imidazole rings is 2. The lowest BCUT2D eigenvalue weighted by atomic mass is 9.95. The van der Waals surface area contributed by atoms with Crippen molar-refractivity contribution in [3.8, 4) is 11.6 Å². The van der Waals surface area contributed by atoms with E-state index in [-0.39, 0.29) is 5.41 Å². The van der Waals surface area contributed by atoms with Gasteiger partial charge in [0.05, 0.1) is 5.69 Å². The fourth-order valence-electron chi connectivity index (χ4n) is 4.41. The van der Waals surface area contributed by atoms with Gasteiger partial charge in [0.2, 0.25) is 0 Å². The highest BCUT2D eigenvalue weighted by Crippen LogP contribution is 2.32. The van der Waals surface area contributed by atoms with E-state index in [0.717, 1.165) is 17.0 Å². The van der Waals surface area contributed by atoms with Gasteiger partial charge in [-0.3, -0.25) is 0 Å². The van der Waals surface area contributed by atoms with Crippen LogP contribution in [0.1, 0.15) is 57.7 Å². The van der Waals surface area contributed by atoms with Crippen molar-refractivity contribution in [1.82, 2.24) is 14.1 Å². The van der Waals surface area contributed by atoms with Gasteiger partial charge in [-0.05, 0) is 31.2 Å². The van der Waals surface area contributed by atoms with Crippen LogP contribution in [0.25, 0.3) is 22.7 Å². The molecule has 4 rings (SSSR count). The number of para-hydroxylation sites is 3. The van der Waals surface area contributed by atoms with Gasteiger partial charge in [-0.2, -0.15) is 4.57 Å². The molecule has 2 aromatic heterocycles. The number of rotatable bonds is 3. The quantitative estimate of drug-likeness (QED) is 0.434. The summed E-state index contributed by atoms with van der Waals surface area (Å²) in [7, 11) is 2.11. The first-order valence-corrected chi connectivity index (χ1v) is 10.4. The van der Waals surface area contributed by atoms with Crippen LogP contribution in [0.4, 0.5) is 0 Å². The van der Waals surface area contributed by atoms with Gasteiger partial charge >= 0.3 is 5.95 Å². The van der Waals surface area contributed by atoms with Gasteiger partial charge in [-0.1, -0.05) is 65.0 Å². The third-order valence-corrected chi connectivity index (χ3v) is 5.57. The number of nitrogens with zero attached hydrogens (tertiary/aromatic N) is 4. The maximum absolute atomic E-state index is 5.04. The fraction of sp³-hybridized carbons (Fsp3) is 0.360. The van der Waals surface area contributed by atoms with Crippen LogP contribution in [0.2, 0.25) is 0 Å². The first kappa shape index (κ1) is 19.4. The van der Waals surface area contributed by atoms with E-state index in [0.29, 0.717) is 5.92 Å². The molecule has 150 valence electrons. The third-order valence-electron chi connectivity index (χ3n) is 5.57. The number of hydrogen-bond acceptors (Lipinski definition) is 1. The van der Waals surface area contributed by atoms with Crippen molar-refractivity contribution in [2.75, 3.05) is 0 Å². The highest BCUT2D eigenvalue weighted by Gasteiger charge is 2.37. The number of aromatic nitrogens is 4. The third kappa shape index (κ3) is 3.07. The number of aryl methyl sites for hydroxylation is 1. The van der Waals surface area contributed by atoms with E-state index in [4.69, 9.17) is 4.98 Å². The van der Waals surface area contributed by atoms with E-state index >= 15 is 0 Å². The summed E-state index contributed by atoms with van der Waals surface area (Å²) in [4.78, 5) is 5.04. The first-order valence-electron chi connectivity index (χ1n) is 10.4. The average molecular weight is 388 g/mol. The minimum Gasteiger partial charge on any atom is -0.248 e. The zero-order chi connectivity index (χ0) is 20.9. The van der Waals surface area contributed by atoms with Crippen LogP contribution in [0, 0.1) is 6.92 Å². The van der Waals surface area contributed by atoms with Crippen LogP contribution in [0.3, 0.4) is 0 Å². The van der Waals surface area contributed by atoms with Gasteiger partial charge in [0.15, 0.2) is 11.3 Å². The predicted molar refractivity (Wildman–Crippen MR) is 119 cm³/mol. The average Bonchev–Trinajstić information content (AvgIpc) is 3.17. The summed E-state index contributed by atoms with van der Waals surface area (Å²) in [6.07, 6.45) is 0. The van der Waals surface area contributed by atoms with Crippen molar-refractivity contribution in [3.63, 3.8) is 0 Å². The van der Waals surface area contributed by atoms with Crippen LogP contribution in [-0.2, 0) is 12.5 Å². The maximum Gasteiger partial charge on any atom is 0.359 e. The second-order valence-corrected chi connectivity index (χ2v) is 9.16. The molecule has 0 amide bonds. The van der Waals surface area contributed by atoms with E-state index in [1.807, 2.05) is 0 Å². The summed E-state index contributed by atoms with van der Waals surface area (Å²) < 4.78 is 7.01. The zero-order valence-corrected chi connectivity index (χ0v) is 18.6. The lowest BCUT2D eigenvalue weighted by Gasteiger charge is -2.21. The van der Waals surface area contributed by atoms with Crippen molar-refractivity contribution in [3.05, 3.63) is 71.8 Å². The summed E-state index contributed by atoms with van der Waals surface area (Å²) >= 11 is 0. The summed E-state index contributed by atoms with van der Waals surface area (Å²) in [5.41, 5.74) is 5.86. The first-order chi connectivity index (χ1) is 13.7. The van der Waals surface area contributed by atoms with Crippen LogP contribution in [0.15, 0.2) is 54.6 Å². The van der Waals surface area contributed by atoms with Crippen molar-refractivity contribution in [2.24, 2.45) is 7.05 Å². The lowest BCUT2D eigenvalue weighted by Crippen LogP contribution is -2.44. The van der Waals surface area contributed by atoms with Crippen LogP contribution in [-0.4, -0.2) is 14.1 Å². The largest absolute Gasteiger partial charge is 0.359 e. The van der Waals surface area contributed by atoms with Crippen LogP contribution >= 0.6 is 0 Å². The topological polar surface area (TPSA) is 26.6 Å². The van der Waals surface area contributed by atoms with Crippen molar-refractivity contribution >= 4 is 11.0 Å². The molecule has 0 atom stereocenters. The summed E-state index contributed by atoms with van der Waals surface area (Å²) in [5.74, 6) is 2.58. The maximum atomic E-state index is 5.04. The Morgan fingerprint density at radius 2 is 1.55 bits per heavy atom. The molecule has 4 heteroatoms. The van der Waals surface area contributed by atoms with Gasteiger partial charge in [-0.25, -0.2) is 9.13 Å². The number of hydrogen-bond donors (Lipinski definition) is 0. The molecule has 0 saturated carbocycles. The van der Waals surface area contributed by atoms with E-state index in [9.17, 15) is 0 Å². The molecule has 2 heterocycles. The van der Waals surface area contributed by atoms with Crippen LogP contribution < -0.4 is 4.57 Å². The Labute approximate surface area is 173 Å². The second-order valence-electron chi connectivity index (χ2n) is 9.16. The molecule has 0 N–H and O–H groups in total. The Bertz CT molecular complexity index is 1170. The number of benzene rings is 2. The van der Waals surface area contributed by atoms with Crippen molar-refractivity contribution in [2.45, 2.75) is 52.9 Å². The molecule has 0 unspecified atom stereocenters. The Balaban J connectivity index is 2.16. The molecule has 0 fully saturated rings. The highest BCUT2D eigenvalue weighted by atomic mass is 15.3. The van der Waals surface area contributed by atoms with E-state index in [1.54, 1.807) is 0 Å². The molecule has 29 heavy (non-hydrogen) atoms. The molecule has 0 aliphatic rings. The van der Waals surface area contributed by atoms with Crippen LogP contribution in [0.5, 0.6) is 0 Å². The van der Waals surface area contributed by atoms with Gasteiger partial charge in [0.1, 0.15) is 16.9 Å². The molecule has 0 aliphatic heterocycles. The predicted octanol–water partition coefficient (Wildman–Crippen LogP) is 5.37. The smallest absolute Gasteiger partial charge is 0.248 e. The standard InChI is InChI=1S/C25H31N4/c1-17(2)22-18(3)28(24-26-20-15-11-12-16-21(20)27(24)7)23(25(4,5)6)29(22)19-13-9-8-10-14-19/h8-17H,1-7H3/q+1. The molecular formula is C25H31N4+. The lowest BCUT2D eigenvalue weighted by molar-refractivity contribution is -0.623. The van der Waals surface area contributed by atoms with E-state index in [1.165, 1.54) is 22.9 Å². The minimum atomic E-state index is -0.0775. The molecule has 0 aliphatic carbocycles. The molecule has 4 nitrogen and oxygen atoms in total. The van der Waals surface area contributed by atoms with Gasteiger partial charge in [0.25, 0.3) is 0 Å². The van der Waals surface area contributed by atoms with Crippen molar-refractivity contribution < 1.29 is 4.57 Å². The van der Waals surface area contributed by atoms with Gasteiger partial charge < -0.3 is 0 Å². The molecule has 2 aromatic carbocycles.